The monoisotopic (exact) mass is 312 g/mol. The van der Waals surface area contributed by atoms with E-state index in [-0.39, 0.29) is 23.7 Å². The SMILES string of the molecule is CC(C)C[C@H](N)C(=O)NCC(C)(C)Cc1ccccc1.Cl. The van der Waals surface area contributed by atoms with E-state index in [0.29, 0.717) is 12.5 Å². The standard InChI is InChI=1S/C17H28N2O.ClH/c1-13(2)10-15(18)16(20)19-12-17(3,4)11-14-8-6-5-7-9-14;/h5-9,13,15H,10-12,18H2,1-4H3,(H,19,20);1H/t15-;/m0./s1. The number of carbonyl (C=O) groups excluding carboxylic acids is 1. The van der Waals surface area contributed by atoms with Crippen LogP contribution in [0.5, 0.6) is 0 Å². The summed E-state index contributed by atoms with van der Waals surface area (Å²) in [5.41, 5.74) is 7.20. The van der Waals surface area contributed by atoms with Crippen molar-refractivity contribution >= 4 is 18.3 Å². The summed E-state index contributed by atoms with van der Waals surface area (Å²) in [4.78, 5) is 11.9. The highest BCUT2D eigenvalue weighted by Crippen LogP contribution is 2.20. The first-order chi connectivity index (χ1) is 9.30. The summed E-state index contributed by atoms with van der Waals surface area (Å²) in [7, 11) is 0. The van der Waals surface area contributed by atoms with Gasteiger partial charge >= 0.3 is 0 Å². The van der Waals surface area contributed by atoms with Crippen molar-refractivity contribution in [3.8, 4) is 0 Å². The summed E-state index contributed by atoms with van der Waals surface area (Å²) < 4.78 is 0. The second-order valence-electron chi connectivity index (χ2n) is 6.78. The molecule has 0 aromatic heterocycles. The number of halogens is 1. The Kier molecular flexibility index (Phi) is 8.60. The third kappa shape index (κ3) is 8.08. The number of hydrogen-bond acceptors (Lipinski definition) is 2. The molecule has 0 aliphatic rings. The van der Waals surface area contributed by atoms with Gasteiger partial charge in [0.05, 0.1) is 6.04 Å². The normalized spacial score (nSPS) is 12.7. The van der Waals surface area contributed by atoms with E-state index in [1.54, 1.807) is 0 Å². The Bertz CT molecular complexity index is 418. The Morgan fingerprint density at radius 3 is 2.33 bits per heavy atom. The number of amides is 1. The molecule has 0 radical (unpaired) electrons. The molecule has 0 aliphatic carbocycles. The van der Waals surface area contributed by atoms with Gasteiger partial charge < -0.3 is 11.1 Å². The molecule has 4 heteroatoms. The van der Waals surface area contributed by atoms with Crippen LogP contribution in [0.3, 0.4) is 0 Å². The molecule has 21 heavy (non-hydrogen) atoms. The first-order valence-corrected chi connectivity index (χ1v) is 7.37. The molecule has 0 saturated carbocycles. The van der Waals surface area contributed by atoms with Crippen LogP contribution >= 0.6 is 12.4 Å². The van der Waals surface area contributed by atoms with Crippen LogP contribution in [-0.4, -0.2) is 18.5 Å². The molecular weight excluding hydrogens is 284 g/mol. The first-order valence-electron chi connectivity index (χ1n) is 7.37. The predicted molar refractivity (Wildman–Crippen MR) is 91.6 cm³/mol. The number of rotatable bonds is 7. The molecule has 0 aliphatic heterocycles. The van der Waals surface area contributed by atoms with Gasteiger partial charge in [0.25, 0.3) is 0 Å². The number of nitrogens with one attached hydrogen (secondary N) is 1. The highest BCUT2D eigenvalue weighted by Gasteiger charge is 2.21. The Balaban J connectivity index is 0.00000400. The zero-order chi connectivity index (χ0) is 15.2. The minimum absolute atomic E-state index is 0. The third-order valence-electron chi connectivity index (χ3n) is 3.33. The van der Waals surface area contributed by atoms with E-state index in [1.165, 1.54) is 5.56 Å². The Morgan fingerprint density at radius 2 is 1.81 bits per heavy atom. The lowest BCUT2D eigenvalue weighted by atomic mass is 9.85. The van der Waals surface area contributed by atoms with Crippen LogP contribution < -0.4 is 11.1 Å². The maximum Gasteiger partial charge on any atom is 0.236 e. The molecule has 1 atom stereocenters. The number of benzene rings is 1. The summed E-state index contributed by atoms with van der Waals surface area (Å²) in [5, 5.41) is 2.98. The number of carbonyl (C=O) groups is 1. The molecule has 0 unspecified atom stereocenters. The van der Waals surface area contributed by atoms with Gasteiger partial charge in [-0.1, -0.05) is 58.0 Å². The van der Waals surface area contributed by atoms with Crippen LogP contribution in [0.15, 0.2) is 30.3 Å². The molecule has 0 fully saturated rings. The fourth-order valence-electron chi connectivity index (χ4n) is 2.28. The molecule has 1 aromatic carbocycles. The van der Waals surface area contributed by atoms with Crippen molar-refractivity contribution < 1.29 is 4.79 Å². The van der Waals surface area contributed by atoms with Crippen LogP contribution in [0.2, 0.25) is 0 Å². The van der Waals surface area contributed by atoms with Crippen molar-refractivity contribution in [2.45, 2.75) is 46.6 Å². The van der Waals surface area contributed by atoms with E-state index in [0.717, 1.165) is 12.8 Å². The predicted octanol–water partition coefficient (Wildman–Crippen LogP) is 3.17. The van der Waals surface area contributed by atoms with Gasteiger partial charge in [-0.25, -0.2) is 0 Å². The van der Waals surface area contributed by atoms with Crippen LogP contribution in [0, 0.1) is 11.3 Å². The Hall–Kier alpha value is -1.06. The van der Waals surface area contributed by atoms with E-state index in [9.17, 15) is 4.79 Å². The van der Waals surface area contributed by atoms with Crippen molar-refractivity contribution in [2.75, 3.05) is 6.54 Å². The molecule has 3 nitrogen and oxygen atoms in total. The van der Waals surface area contributed by atoms with Gasteiger partial charge in [-0.05, 0) is 29.7 Å². The molecule has 120 valence electrons. The topological polar surface area (TPSA) is 55.1 Å². The van der Waals surface area contributed by atoms with Crippen molar-refractivity contribution in [3.05, 3.63) is 35.9 Å². The van der Waals surface area contributed by atoms with Gasteiger partial charge in [0.1, 0.15) is 0 Å². The maximum absolute atomic E-state index is 11.9. The van der Waals surface area contributed by atoms with Crippen LogP contribution in [-0.2, 0) is 11.2 Å². The van der Waals surface area contributed by atoms with Gasteiger partial charge in [-0.3, -0.25) is 4.79 Å². The average molecular weight is 313 g/mol. The molecule has 0 bridgehead atoms. The smallest absolute Gasteiger partial charge is 0.236 e. The van der Waals surface area contributed by atoms with Gasteiger partial charge in [-0.2, -0.15) is 0 Å². The largest absolute Gasteiger partial charge is 0.354 e. The summed E-state index contributed by atoms with van der Waals surface area (Å²) in [6, 6.07) is 9.94. The molecular formula is C17H29ClN2O. The second kappa shape index (κ2) is 9.06. The molecule has 3 N–H and O–H groups in total. The summed E-state index contributed by atoms with van der Waals surface area (Å²) in [5.74, 6) is 0.396. The minimum Gasteiger partial charge on any atom is -0.354 e. The van der Waals surface area contributed by atoms with Gasteiger partial charge in [-0.15, -0.1) is 12.4 Å². The van der Waals surface area contributed by atoms with E-state index < -0.39 is 6.04 Å². The lowest BCUT2D eigenvalue weighted by Gasteiger charge is -2.26. The van der Waals surface area contributed by atoms with Crippen molar-refractivity contribution in [1.29, 1.82) is 0 Å². The van der Waals surface area contributed by atoms with E-state index in [4.69, 9.17) is 5.73 Å². The quantitative estimate of drug-likeness (QED) is 0.812. The summed E-state index contributed by atoms with van der Waals surface area (Å²) >= 11 is 0. The molecule has 1 rings (SSSR count). The van der Waals surface area contributed by atoms with Crippen LogP contribution in [0.4, 0.5) is 0 Å². The Morgan fingerprint density at radius 1 is 1.24 bits per heavy atom. The highest BCUT2D eigenvalue weighted by atomic mass is 35.5. The molecule has 0 saturated heterocycles. The van der Waals surface area contributed by atoms with E-state index in [1.807, 2.05) is 18.2 Å². The van der Waals surface area contributed by atoms with Crippen LogP contribution in [0.25, 0.3) is 0 Å². The van der Waals surface area contributed by atoms with Gasteiger partial charge in [0.15, 0.2) is 0 Å². The molecule has 1 aromatic rings. The second-order valence-corrected chi connectivity index (χ2v) is 6.78. The van der Waals surface area contributed by atoms with Crippen molar-refractivity contribution in [1.82, 2.24) is 5.32 Å². The van der Waals surface area contributed by atoms with Gasteiger partial charge in [0, 0.05) is 6.54 Å². The van der Waals surface area contributed by atoms with Crippen molar-refractivity contribution in [3.63, 3.8) is 0 Å². The summed E-state index contributed by atoms with van der Waals surface area (Å²) in [6.45, 7) is 9.12. The van der Waals surface area contributed by atoms with E-state index in [2.05, 4.69) is 45.1 Å². The van der Waals surface area contributed by atoms with Crippen LogP contribution in [0.1, 0.15) is 39.7 Å². The summed E-state index contributed by atoms with van der Waals surface area (Å²) in [6.07, 6.45) is 1.67. The first kappa shape index (κ1) is 19.9. The fourth-order valence-corrected chi connectivity index (χ4v) is 2.28. The molecule has 0 spiro atoms. The average Bonchev–Trinajstić information content (AvgIpc) is 2.36. The lowest BCUT2D eigenvalue weighted by Crippen LogP contribution is -2.45. The number of hydrogen-bond donors (Lipinski definition) is 2. The lowest BCUT2D eigenvalue weighted by molar-refractivity contribution is -0.123. The third-order valence-corrected chi connectivity index (χ3v) is 3.33. The maximum atomic E-state index is 11.9. The Labute approximate surface area is 135 Å². The zero-order valence-corrected chi connectivity index (χ0v) is 14.4. The van der Waals surface area contributed by atoms with Gasteiger partial charge in [0.2, 0.25) is 5.91 Å². The molecule has 1 amide bonds. The molecule has 0 heterocycles. The van der Waals surface area contributed by atoms with E-state index >= 15 is 0 Å². The fraction of sp³-hybridized carbons (Fsp3) is 0.588. The number of nitrogens with two attached hydrogens (primary N) is 1. The minimum atomic E-state index is -0.400. The zero-order valence-electron chi connectivity index (χ0n) is 13.6. The van der Waals surface area contributed by atoms with Crippen molar-refractivity contribution in [2.24, 2.45) is 17.1 Å². The highest BCUT2D eigenvalue weighted by molar-refractivity contribution is 5.85.